The summed E-state index contributed by atoms with van der Waals surface area (Å²) in [4.78, 5) is 11.4. The topological polar surface area (TPSA) is 105 Å². The fourth-order valence-corrected chi connectivity index (χ4v) is 3.47. The highest BCUT2D eigenvalue weighted by Crippen LogP contribution is 2.22. The fraction of sp³-hybridized carbons (Fsp3) is 0.588. The second-order valence-corrected chi connectivity index (χ2v) is 7.56. The van der Waals surface area contributed by atoms with Crippen LogP contribution < -0.4 is 10.0 Å². The number of hydrogen-bond donors (Lipinski definition) is 3. The van der Waals surface area contributed by atoms with Gasteiger partial charge in [-0.25, -0.2) is 17.9 Å². The first-order valence-corrected chi connectivity index (χ1v) is 10.0. The van der Waals surface area contributed by atoms with E-state index in [1.807, 2.05) is 20.8 Å². The molecule has 0 radical (unpaired) electrons. The Kier molecular flexibility index (Phi) is 8.88. The van der Waals surface area contributed by atoms with Crippen molar-refractivity contribution in [2.75, 3.05) is 25.1 Å². The van der Waals surface area contributed by atoms with Gasteiger partial charge in [0, 0.05) is 31.5 Å². The van der Waals surface area contributed by atoms with E-state index in [-0.39, 0.29) is 23.0 Å². The second kappa shape index (κ2) is 10.4. The molecular weight excluding hydrogens is 344 g/mol. The number of aromatic carboxylic acids is 1. The Balaban J connectivity index is 2.90. The Morgan fingerprint density at radius 3 is 2.64 bits per heavy atom. The third kappa shape index (κ3) is 7.01. The summed E-state index contributed by atoms with van der Waals surface area (Å²) in [6, 6.07) is 4.21. The number of hydrogen-bond acceptors (Lipinski definition) is 5. The monoisotopic (exact) mass is 372 g/mol. The van der Waals surface area contributed by atoms with Crippen LogP contribution in [0.2, 0.25) is 0 Å². The maximum absolute atomic E-state index is 12.3. The van der Waals surface area contributed by atoms with Gasteiger partial charge in [0.25, 0.3) is 0 Å². The molecule has 1 atom stereocenters. The van der Waals surface area contributed by atoms with Crippen LogP contribution in [0.25, 0.3) is 0 Å². The number of benzene rings is 1. The van der Waals surface area contributed by atoms with Crippen LogP contribution >= 0.6 is 0 Å². The predicted octanol–water partition coefficient (Wildman–Crippen LogP) is 2.69. The number of rotatable bonds is 12. The fourth-order valence-electron chi connectivity index (χ4n) is 2.37. The number of ether oxygens (including phenoxy) is 1. The lowest BCUT2D eigenvalue weighted by Crippen LogP contribution is -2.26. The Morgan fingerprint density at radius 2 is 2.04 bits per heavy atom. The van der Waals surface area contributed by atoms with E-state index in [0.717, 1.165) is 12.8 Å². The molecule has 0 bridgehead atoms. The van der Waals surface area contributed by atoms with Gasteiger partial charge in [-0.15, -0.1) is 0 Å². The van der Waals surface area contributed by atoms with Gasteiger partial charge in [-0.2, -0.15) is 0 Å². The molecule has 0 aliphatic carbocycles. The van der Waals surface area contributed by atoms with Crippen LogP contribution in [-0.4, -0.2) is 45.3 Å². The van der Waals surface area contributed by atoms with E-state index in [1.54, 1.807) is 0 Å². The van der Waals surface area contributed by atoms with E-state index >= 15 is 0 Å². The van der Waals surface area contributed by atoms with Crippen molar-refractivity contribution in [1.82, 2.24) is 4.72 Å². The summed E-state index contributed by atoms with van der Waals surface area (Å²) >= 11 is 0. The first kappa shape index (κ1) is 21.4. The highest BCUT2D eigenvalue weighted by atomic mass is 32.2. The third-order valence-corrected chi connectivity index (χ3v) is 5.08. The molecule has 0 saturated heterocycles. The van der Waals surface area contributed by atoms with Gasteiger partial charge in [-0.05, 0) is 44.9 Å². The smallest absolute Gasteiger partial charge is 0.337 e. The van der Waals surface area contributed by atoms with Crippen molar-refractivity contribution in [3.8, 4) is 0 Å². The maximum Gasteiger partial charge on any atom is 0.337 e. The van der Waals surface area contributed by atoms with Gasteiger partial charge in [-0.3, -0.25) is 0 Å². The number of carboxylic acid groups (broad SMARTS) is 1. The lowest BCUT2D eigenvalue weighted by Gasteiger charge is -2.17. The molecule has 7 nitrogen and oxygen atoms in total. The average Bonchev–Trinajstić information content (AvgIpc) is 2.54. The van der Waals surface area contributed by atoms with Crippen LogP contribution in [0.4, 0.5) is 5.69 Å². The van der Waals surface area contributed by atoms with E-state index < -0.39 is 16.0 Å². The lowest BCUT2D eigenvalue weighted by molar-refractivity contribution is 0.0697. The molecule has 0 aromatic heterocycles. The summed E-state index contributed by atoms with van der Waals surface area (Å²) in [6.45, 7) is 7.16. The molecule has 25 heavy (non-hydrogen) atoms. The van der Waals surface area contributed by atoms with Crippen LogP contribution in [0.5, 0.6) is 0 Å². The molecule has 3 N–H and O–H groups in total. The number of nitrogens with one attached hydrogen (secondary N) is 2. The Hall–Kier alpha value is -1.64. The minimum atomic E-state index is -3.76. The number of carbonyl (C=O) groups is 1. The molecule has 1 rings (SSSR count). The molecule has 0 fully saturated rings. The van der Waals surface area contributed by atoms with Gasteiger partial charge in [0.05, 0.1) is 10.5 Å². The molecule has 1 aromatic rings. The molecule has 0 aliphatic heterocycles. The SMILES string of the molecule is CCCC(C)Nc1ccc(S(=O)(=O)NCCCOCC)cc1C(=O)O. The van der Waals surface area contributed by atoms with Crippen LogP contribution in [0.15, 0.2) is 23.1 Å². The second-order valence-electron chi connectivity index (χ2n) is 5.79. The Morgan fingerprint density at radius 1 is 1.32 bits per heavy atom. The minimum Gasteiger partial charge on any atom is -0.478 e. The summed E-state index contributed by atoms with van der Waals surface area (Å²) in [5.41, 5.74) is 0.365. The number of carboxylic acids is 1. The molecule has 0 aliphatic rings. The van der Waals surface area contributed by atoms with E-state index in [9.17, 15) is 18.3 Å². The first-order valence-electron chi connectivity index (χ1n) is 8.53. The third-order valence-electron chi connectivity index (χ3n) is 3.62. The van der Waals surface area contributed by atoms with Crippen molar-refractivity contribution in [3.63, 3.8) is 0 Å². The summed E-state index contributed by atoms with van der Waals surface area (Å²) in [5.74, 6) is -1.17. The Labute approximate surface area is 149 Å². The Bertz CT molecular complexity index is 661. The molecule has 142 valence electrons. The van der Waals surface area contributed by atoms with Crippen molar-refractivity contribution in [2.24, 2.45) is 0 Å². The van der Waals surface area contributed by atoms with E-state index in [1.165, 1.54) is 18.2 Å². The molecular formula is C17H28N2O5S. The van der Waals surface area contributed by atoms with E-state index in [2.05, 4.69) is 10.0 Å². The van der Waals surface area contributed by atoms with Gasteiger partial charge >= 0.3 is 5.97 Å². The molecule has 0 heterocycles. The lowest BCUT2D eigenvalue weighted by atomic mass is 10.1. The molecule has 8 heteroatoms. The maximum atomic E-state index is 12.3. The van der Waals surface area contributed by atoms with E-state index in [0.29, 0.717) is 25.3 Å². The molecule has 0 saturated carbocycles. The van der Waals surface area contributed by atoms with Crippen molar-refractivity contribution < 1.29 is 23.1 Å². The zero-order valence-electron chi connectivity index (χ0n) is 15.0. The van der Waals surface area contributed by atoms with E-state index in [4.69, 9.17) is 4.74 Å². The summed E-state index contributed by atoms with van der Waals surface area (Å²) in [5, 5.41) is 12.5. The molecule has 0 spiro atoms. The predicted molar refractivity (Wildman–Crippen MR) is 97.7 cm³/mol. The largest absolute Gasteiger partial charge is 0.478 e. The van der Waals surface area contributed by atoms with Crippen molar-refractivity contribution in [1.29, 1.82) is 0 Å². The van der Waals surface area contributed by atoms with Crippen LogP contribution in [0.1, 0.15) is 50.4 Å². The molecule has 1 unspecified atom stereocenters. The highest BCUT2D eigenvalue weighted by Gasteiger charge is 2.19. The summed E-state index contributed by atoms with van der Waals surface area (Å²) < 4.78 is 32.2. The standard InChI is InChI=1S/C17H28N2O5S/c1-4-7-13(3)19-16-9-8-14(12-15(16)17(20)21)25(22,23)18-10-6-11-24-5-2/h8-9,12-13,18-19H,4-7,10-11H2,1-3H3,(H,20,21). The van der Waals surface area contributed by atoms with Crippen LogP contribution in [0.3, 0.4) is 0 Å². The van der Waals surface area contributed by atoms with Gasteiger partial charge < -0.3 is 15.2 Å². The van der Waals surface area contributed by atoms with Crippen molar-refractivity contribution in [3.05, 3.63) is 23.8 Å². The average molecular weight is 372 g/mol. The summed E-state index contributed by atoms with van der Waals surface area (Å²) in [6.07, 6.45) is 2.40. The number of anilines is 1. The van der Waals surface area contributed by atoms with Crippen molar-refractivity contribution in [2.45, 2.75) is 51.0 Å². The molecule has 1 aromatic carbocycles. The van der Waals surface area contributed by atoms with Crippen LogP contribution in [-0.2, 0) is 14.8 Å². The zero-order chi connectivity index (χ0) is 18.9. The van der Waals surface area contributed by atoms with Gasteiger partial charge in [-0.1, -0.05) is 13.3 Å². The van der Waals surface area contributed by atoms with Crippen molar-refractivity contribution >= 4 is 21.7 Å². The van der Waals surface area contributed by atoms with Crippen LogP contribution in [0, 0.1) is 0 Å². The molecule has 0 amide bonds. The van der Waals surface area contributed by atoms with Gasteiger partial charge in [0.1, 0.15) is 0 Å². The normalized spacial score (nSPS) is 12.8. The highest BCUT2D eigenvalue weighted by molar-refractivity contribution is 7.89. The zero-order valence-corrected chi connectivity index (χ0v) is 15.9. The first-order chi connectivity index (χ1) is 11.8. The quantitative estimate of drug-likeness (QED) is 0.487. The summed E-state index contributed by atoms with van der Waals surface area (Å²) in [7, 11) is -3.76. The van der Waals surface area contributed by atoms with Gasteiger partial charge in [0.15, 0.2) is 0 Å². The number of sulfonamides is 1. The van der Waals surface area contributed by atoms with Gasteiger partial charge in [0.2, 0.25) is 10.0 Å². The minimum absolute atomic E-state index is 0.0554.